The topological polar surface area (TPSA) is 74.7 Å². The lowest BCUT2D eigenvalue weighted by atomic mass is 9.52. The third-order valence-corrected chi connectivity index (χ3v) is 13.4. The summed E-state index contributed by atoms with van der Waals surface area (Å²) in [5.41, 5.74) is 2.02. The van der Waals surface area contributed by atoms with Crippen molar-refractivity contribution in [2.45, 2.75) is 99.7 Å². The van der Waals surface area contributed by atoms with Crippen molar-refractivity contribution < 1.29 is 22.7 Å². The molecular formula is C33H40FNO4S. The Hall–Kier alpha value is -2.67. The Morgan fingerprint density at radius 1 is 1.00 bits per heavy atom. The number of hydrogen-bond donors (Lipinski definition) is 1. The van der Waals surface area contributed by atoms with Crippen LogP contribution in [0.15, 0.2) is 59.7 Å². The molecule has 5 aliphatic rings. The average Bonchev–Trinajstić information content (AvgIpc) is 3.34. The molecule has 7 rings (SSSR count). The van der Waals surface area contributed by atoms with Gasteiger partial charge in [0.25, 0.3) is 0 Å². The highest BCUT2D eigenvalue weighted by Gasteiger charge is 2.63. The summed E-state index contributed by atoms with van der Waals surface area (Å²) in [5.74, 6) is -0.301. The van der Waals surface area contributed by atoms with Gasteiger partial charge in [0.05, 0.1) is 16.7 Å². The van der Waals surface area contributed by atoms with Crippen LogP contribution >= 0.6 is 0 Å². The molecule has 3 saturated carbocycles. The number of carbonyl (C=O) groups excluding carboxylic acids is 1. The number of amides is 1. The Labute approximate surface area is 237 Å². The molecule has 0 aromatic heterocycles. The van der Waals surface area contributed by atoms with Crippen LogP contribution in [0.5, 0.6) is 0 Å². The van der Waals surface area contributed by atoms with Gasteiger partial charge in [-0.25, -0.2) is 12.8 Å². The molecular weight excluding hydrogens is 525 g/mol. The molecule has 4 fully saturated rings. The first kappa shape index (κ1) is 27.5. The summed E-state index contributed by atoms with van der Waals surface area (Å²) in [6.45, 7) is 10.6. The SMILES string of the molecule is C=C(O)C12CCC(C(=O)N3CCC4(S(=O)(=O)c5cccc(F)c5)c5ccc(C(C)(C)C)cc5CCC34)(CC1)CC2. The summed E-state index contributed by atoms with van der Waals surface area (Å²) < 4.78 is 42.4. The number of rotatable bonds is 4. The number of aliphatic hydroxyl groups excluding tert-OH is 1. The molecule has 2 bridgehead atoms. The molecule has 1 amide bonds. The fourth-order valence-corrected chi connectivity index (χ4v) is 10.7. The molecule has 0 radical (unpaired) electrons. The van der Waals surface area contributed by atoms with Crippen molar-refractivity contribution >= 4 is 15.7 Å². The molecule has 2 unspecified atom stereocenters. The average molecular weight is 566 g/mol. The van der Waals surface area contributed by atoms with E-state index in [-0.39, 0.29) is 33.8 Å². The number of aliphatic hydroxyl groups is 1. The third kappa shape index (κ3) is 3.75. The molecule has 5 nitrogen and oxygen atoms in total. The smallest absolute Gasteiger partial charge is 0.229 e. The molecule has 1 saturated heterocycles. The van der Waals surface area contributed by atoms with Crippen LogP contribution in [-0.2, 0) is 31.2 Å². The van der Waals surface area contributed by atoms with Gasteiger partial charge in [0.1, 0.15) is 10.6 Å². The highest BCUT2D eigenvalue weighted by Crippen LogP contribution is 2.61. The molecule has 1 aliphatic heterocycles. The Morgan fingerprint density at radius 2 is 1.65 bits per heavy atom. The zero-order valence-electron chi connectivity index (χ0n) is 23.8. The number of hydrogen-bond acceptors (Lipinski definition) is 4. The molecule has 2 aromatic carbocycles. The molecule has 2 aromatic rings. The number of aryl methyl sites for hydroxylation is 1. The number of carbonyl (C=O) groups is 1. The molecule has 40 heavy (non-hydrogen) atoms. The second-order valence-electron chi connectivity index (χ2n) is 13.8. The van der Waals surface area contributed by atoms with Crippen LogP contribution in [0.1, 0.15) is 88.8 Å². The minimum atomic E-state index is -4.06. The van der Waals surface area contributed by atoms with E-state index in [0.29, 0.717) is 38.6 Å². The van der Waals surface area contributed by atoms with Crippen molar-refractivity contribution in [1.29, 1.82) is 0 Å². The van der Waals surface area contributed by atoms with Crippen LogP contribution in [0.2, 0.25) is 0 Å². The predicted molar refractivity (Wildman–Crippen MR) is 153 cm³/mol. The van der Waals surface area contributed by atoms with Gasteiger partial charge >= 0.3 is 0 Å². The lowest BCUT2D eigenvalue weighted by molar-refractivity contribution is -0.153. The summed E-state index contributed by atoms with van der Waals surface area (Å²) >= 11 is 0. The van der Waals surface area contributed by atoms with Gasteiger partial charge in [0.15, 0.2) is 9.84 Å². The van der Waals surface area contributed by atoms with E-state index in [9.17, 15) is 22.7 Å². The van der Waals surface area contributed by atoms with Crippen LogP contribution in [0.25, 0.3) is 0 Å². The molecule has 7 heteroatoms. The fraction of sp³-hybridized carbons (Fsp3) is 0.545. The van der Waals surface area contributed by atoms with E-state index in [1.165, 1.54) is 18.2 Å². The predicted octanol–water partition coefficient (Wildman–Crippen LogP) is 6.75. The van der Waals surface area contributed by atoms with Crippen molar-refractivity contribution in [2.24, 2.45) is 10.8 Å². The summed E-state index contributed by atoms with van der Waals surface area (Å²) in [7, 11) is -4.06. The van der Waals surface area contributed by atoms with Crippen molar-refractivity contribution in [2.75, 3.05) is 6.54 Å². The number of fused-ring (bicyclic) bond motifs is 6. The molecule has 0 spiro atoms. The zero-order chi connectivity index (χ0) is 28.7. The summed E-state index contributed by atoms with van der Waals surface area (Å²) in [4.78, 5) is 16.3. The van der Waals surface area contributed by atoms with E-state index in [2.05, 4.69) is 33.4 Å². The number of benzene rings is 2. The lowest BCUT2D eigenvalue weighted by Crippen LogP contribution is -2.57. The van der Waals surface area contributed by atoms with Gasteiger partial charge in [-0.2, -0.15) is 0 Å². The minimum Gasteiger partial charge on any atom is -0.512 e. The van der Waals surface area contributed by atoms with Crippen molar-refractivity contribution in [3.63, 3.8) is 0 Å². The Balaban J connectivity index is 1.45. The van der Waals surface area contributed by atoms with Gasteiger partial charge in [0.2, 0.25) is 5.91 Å². The molecule has 4 aliphatic carbocycles. The standard InChI is InChI=1S/C33H40FNO4S/c1-22(36)31-12-15-32(16-13-31,17-14-31)29(37)35-19-18-33(40(38,39)26-7-5-6-25(34)21-26)27-10-9-24(30(2,3)4)20-23(27)8-11-28(33)35/h5-7,9-10,20-21,28,36H,1,8,11-19H2,2-4H3. The summed E-state index contributed by atoms with van der Waals surface area (Å²) in [5, 5.41) is 10.3. The zero-order valence-corrected chi connectivity index (χ0v) is 24.6. The van der Waals surface area contributed by atoms with Crippen molar-refractivity contribution in [3.05, 3.63) is 77.3 Å². The van der Waals surface area contributed by atoms with Crippen LogP contribution in [-0.4, -0.2) is 36.9 Å². The van der Waals surface area contributed by atoms with Gasteiger partial charge in [-0.05, 0) is 98.1 Å². The maximum Gasteiger partial charge on any atom is 0.229 e. The van der Waals surface area contributed by atoms with E-state index in [4.69, 9.17) is 0 Å². The monoisotopic (exact) mass is 565 g/mol. The van der Waals surface area contributed by atoms with E-state index >= 15 is 0 Å². The Bertz CT molecular complexity index is 1480. The number of halogens is 1. The first-order valence-corrected chi connectivity index (χ1v) is 16.1. The van der Waals surface area contributed by atoms with Crippen molar-refractivity contribution in [1.82, 2.24) is 4.90 Å². The minimum absolute atomic E-state index is 0.0284. The van der Waals surface area contributed by atoms with Gasteiger partial charge in [0, 0.05) is 17.4 Å². The molecule has 214 valence electrons. The largest absolute Gasteiger partial charge is 0.512 e. The number of sulfone groups is 1. The number of nitrogens with zero attached hydrogens (tertiary/aromatic N) is 1. The van der Waals surface area contributed by atoms with Gasteiger partial charge in [-0.15, -0.1) is 0 Å². The van der Waals surface area contributed by atoms with Crippen LogP contribution in [0.4, 0.5) is 4.39 Å². The van der Waals surface area contributed by atoms with Crippen LogP contribution in [0.3, 0.4) is 0 Å². The Kier molecular flexibility index (Phi) is 6.13. The highest BCUT2D eigenvalue weighted by molar-refractivity contribution is 7.92. The first-order chi connectivity index (χ1) is 18.8. The second kappa shape index (κ2) is 8.91. The molecule has 1 N–H and O–H groups in total. The highest BCUT2D eigenvalue weighted by atomic mass is 32.2. The summed E-state index contributed by atoms with van der Waals surface area (Å²) in [6.07, 6.45) is 5.78. The second-order valence-corrected chi connectivity index (χ2v) is 16.0. The maximum absolute atomic E-state index is 14.7. The van der Waals surface area contributed by atoms with E-state index < -0.39 is 31.9 Å². The third-order valence-electron chi connectivity index (χ3n) is 10.9. The first-order valence-electron chi connectivity index (χ1n) is 14.6. The van der Waals surface area contributed by atoms with Gasteiger partial charge in [-0.3, -0.25) is 4.79 Å². The van der Waals surface area contributed by atoms with Crippen LogP contribution in [0, 0.1) is 16.6 Å². The lowest BCUT2D eigenvalue weighted by Gasteiger charge is -2.53. The fourth-order valence-electron chi connectivity index (χ4n) is 8.33. The number of allylic oxidation sites excluding steroid dienone is 1. The molecule has 2 atom stereocenters. The van der Waals surface area contributed by atoms with E-state index in [0.717, 1.165) is 42.0 Å². The van der Waals surface area contributed by atoms with Crippen LogP contribution < -0.4 is 0 Å². The maximum atomic E-state index is 14.7. The normalized spacial score (nSPS) is 31.5. The van der Waals surface area contributed by atoms with Gasteiger partial charge < -0.3 is 10.0 Å². The van der Waals surface area contributed by atoms with E-state index in [1.807, 2.05) is 17.0 Å². The summed E-state index contributed by atoms with van der Waals surface area (Å²) in [6, 6.07) is 10.9. The number of likely N-dealkylation sites (tertiary alicyclic amines) is 1. The van der Waals surface area contributed by atoms with Crippen molar-refractivity contribution in [3.8, 4) is 0 Å². The van der Waals surface area contributed by atoms with E-state index in [1.54, 1.807) is 0 Å². The Morgan fingerprint density at radius 3 is 2.25 bits per heavy atom. The van der Waals surface area contributed by atoms with Gasteiger partial charge in [-0.1, -0.05) is 51.6 Å². The molecule has 1 heterocycles. The quantitative estimate of drug-likeness (QED) is 0.416.